The molecule has 0 radical (unpaired) electrons. The molecule has 7 heteroatoms. The number of Topliss-reactive ketones (excluding diaryl/α,β-unsaturated/α-hetero) is 1. The van der Waals surface area contributed by atoms with E-state index in [1.54, 1.807) is 18.5 Å². The molecule has 1 aliphatic carbocycles. The molecular weight excluding hydrogens is 248 g/mol. The molecule has 0 aromatic carbocycles. The van der Waals surface area contributed by atoms with Crippen molar-refractivity contribution >= 4 is 11.8 Å². The molecule has 0 saturated heterocycles. The number of carboxylic acid groups (broad SMARTS) is 1. The van der Waals surface area contributed by atoms with Crippen LogP contribution in [0.25, 0.3) is 5.95 Å². The third kappa shape index (κ3) is 1.79. The topological polar surface area (TPSA) is 98.0 Å². The molecule has 0 atom stereocenters. The Morgan fingerprint density at radius 2 is 2.00 bits per heavy atom. The summed E-state index contributed by atoms with van der Waals surface area (Å²) in [6, 6.07) is 1.66. The summed E-state index contributed by atoms with van der Waals surface area (Å²) in [7, 11) is 0. The van der Waals surface area contributed by atoms with Crippen molar-refractivity contribution in [1.82, 2.24) is 19.7 Å². The van der Waals surface area contributed by atoms with Crippen LogP contribution < -0.4 is 0 Å². The first-order chi connectivity index (χ1) is 9.18. The molecule has 1 N–H and O–H groups in total. The van der Waals surface area contributed by atoms with Crippen LogP contribution in [0.1, 0.15) is 39.4 Å². The second kappa shape index (κ2) is 4.27. The van der Waals surface area contributed by atoms with Gasteiger partial charge in [0.2, 0.25) is 0 Å². The molecule has 2 aromatic rings. The highest BCUT2D eigenvalue weighted by atomic mass is 16.4. The zero-order valence-corrected chi connectivity index (χ0v) is 9.91. The molecule has 0 saturated carbocycles. The van der Waals surface area contributed by atoms with Gasteiger partial charge in [-0.2, -0.15) is 5.10 Å². The van der Waals surface area contributed by atoms with E-state index in [1.807, 2.05) is 0 Å². The monoisotopic (exact) mass is 258 g/mol. The van der Waals surface area contributed by atoms with Crippen LogP contribution in [0.15, 0.2) is 18.5 Å². The van der Waals surface area contributed by atoms with Gasteiger partial charge < -0.3 is 5.11 Å². The molecule has 0 spiro atoms. The fraction of sp³-hybridized carbons (Fsp3) is 0.250. The first-order valence-corrected chi connectivity index (χ1v) is 5.84. The van der Waals surface area contributed by atoms with Crippen LogP contribution >= 0.6 is 0 Å². The Kier molecular flexibility index (Phi) is 2.59. The van der Waals surface area contributed by atoms with Crippen LogP contribution in [0, 0.1) is 0 Å². The summed E-state index contributed by atoms with van der Waals surface area (Å²) in [6.45, 7) is 0. The average molecular weight is 258 g/mol. The van der Waals surface area contributed by atoms with E-state index < -0.39 is 5.97 Å². The normalized spacial score (nSPS) is 14.2. The Balaban J connectivity index is 2.25. The SMILES string of the molecule is O=C(O)c1nn(-c2ncccn2)c2c1C(=O)CCC2. The van der Waals surface area contributed by atoms with Crippen molar-refractivity contribution in [2.75, 3.05) is 0 Å². The molecule has 0 amide bonds. The number of hydrogen-bond donors (Lipinski definition) is 1. The van der Waals surface area contributed by atoms with Crippen molar-refractivity contribution in [2.24, 2.45) is 0 Å². The van der Waals surface area contributed by atoms with Crippen LogP contribution in [-0.2, 0) is 6.42 Å². The Hall–Kier alpha value is -2.57. The number of hydrogen-bond acceptors (Lipinski definition) is 5. The summed E-state index contributed by atoms with van der Waals surface area (Å²) in [5.74, 6) is -1.11. The van der Waals surface area contributed by atoms with Gasteiger partial charge >= 0.3 is 5.97 Å². The minimum absolute atomic E-state index is 0.180. The highest BCUT2D eigenvalue weighted by molar-refractivity contribution is 6.06. The van der Waals surface area contributed by atoms with E-state index >= 15 is 0 Å². The average Bonchev–Trinajstić information content (AvgIpc) is 2.81. The summed E-state index contributed by atoms with van der Waals surface area (Å²) in [4.78, 5) is 31.2. The van der Waals surface area contributed by atoms with E-state index in [9.17, 15) is 9.59 Å². The minimum Gasteiger partial charge on any atom is -0.476 e. The predicted octanol–water partition coefficient (Wildman–Crippen LogP) is 0.879. The van der Waals surface area contributed by atoms with Gasteiger partial charge in [-0.3, -0.25) is 4.79 Å². The number of fused-ring (bicyclic) bond motifs is 1. The molecule has 3 rings (SSSR count). The van der Waals surface area contributed by atoms with Gasteiger partial charge in [0.05, 0.1) is 11.3 Å². The predicted molar refractivity (Wildman–Crippen MR) is 63.4 cm³/mol. The summed E-state index contributed by atoms with van der Waals surface area (Å²) >= 11 is 0. The molecule has 19 heavy (non-hydrogen) atoms. The zero-order valence-electron chi connectivity index (χ0n) is 9.91. The summed E-state index contributed by atoms with van der Waals surface area (Å²) in [5, 5.41) is 13.1. The molecule has 2 heterocycles. The lowest BCUT2D eigenvalue weighted by molar-refractivity contribution is 0.0684. The van der Waals surface area contributed by atoms with Crippen molar-refractivity contribution in [3.05, 3.63) is 35.4 Å². The third-order valence-corrected chi connectivity index (χ3v) is 3.02. The van der Waals surface area contributed by atoms with E-state index in [4.69, 9.17) is 5.11 Å². The second-order valence-corrected chi connectivity index (χ2v) is 4.21. The van der Waals surface area contributed by atoms with Crippen molar-refractivity contribution in [3.8, 4) is 5.95 Å². The Bertz CT molecular complexity index is 663. The number of ketones is 1. The van der Waals surface area contributed by atoms with E-state index in [0.717, 1.165) is 0 Å². The molecule has 0 unspecified atom stereocenters. The number of rotatable bonds is 2. The van der Waals surface area contributed by atoms with Crippen LogP contribution in [0.2, 0.25) is 0 Å². The Labute approximate surface area is 107 Å². The molecular formula is C12H10N4O3. The molecule has 2 aromatic heterocycles. The lowest BCUT2D eigenvalue weighted by Gasteiger charge is -2.11. The summed E-state index contributed by atoms with van der Waals surface area (Å²) in [6.07, 6.45) is 4.72. The van der Waals surface area contributed by atoms with Crippen molar-refractivity contribution < 1.29 is 14.7 Å². The maximum absolute atomic E-state index is 11.9. The van der Waals surface area contributed by atoms with Crippen LogP contribution in [0.4, 0.5) is 0 Å². The van der Waals surface area contributed by atoms with Gasteiger partial charge in [0.15, 0.2) is 11.5 Å². The van der Waals surface area contributed by atoms with Gasteiger partial charge in [0.25, 0.3) is 5.95 Å². The van der Waals surface area contributed by atoms with Gasteiger partial charge in [0.1, 0.15) is 0 Å². The van der Waals surface area contributed by atoms with Crippen LogP contribution in [0.3, 0.4) is 0 Å². The molecule has 0 bridgehead atoms. The lowest BCUT2D eigenvalue weighted by Crippen LogP contribution is -2.15. The van der Waals surface area contributed by atoms with E-state index in [2.05, 4.69) is 15.1 Å². The van der Waals surface area contributed by atoms with Crippen LogP contribution in [0.5, 0.6) is 0 Å². The summed E-state index contributed by atoms with van der Waals surface area (Å²) < 4.78 is 1.36. The van der Waals surface area contributed by atoms with Gasteiger partial charge in [-0.25, -0.2) is 19.4 Å². The van der Waals surface area contributed by atoms with Gasteiger partial charge in [0, 0.05) is 18.8 Å². The largest absolute Gasteiger partial charge is 0.476 e. The van der Waals surface area contributed by atoms with E-state index in [-0.39, 0.29) is 23.0 Å². The van der Waals surface area contributed by atoms with Crippen molar-refractivity contribution in [3.63, 3.8) is 0 Å². The molecule has 0 aliphatic heterocycles. The molecule has 1 aliphatic rings. The number of aromatic nitrogens is 4. The molecule has 96 valence electrons. The highest BCUT2D eigenvalue weighted by Gasteiger charge is 2.31. The fourth-order valence-corrected chi connectivity index (χ4v) is 2.23. The highest BCUT2D eigenvalue weighted by Crippen LogP contribution is 2.25. The van der Waals surface area contributed by atoms with Crippen LogP contribution in [-0.4, -0.2) is 36.6 Å². The maximum Gasteiger partial charge on any atom is 0.357 e. The molecule has 7 nitrogen and oxygen atoms in total. The number of carboxylic acids is 1. The third-order valence-electron chi connectivity index (χ3n) is 3.02. The Morgan fingerprint density at radius 3 is 2.68 bits per heavy atom. The van der Waals surface area contributed by atoms with Gasteiger partial charge in [-0.05, 0) is 18.9 Å². The van der Waals surface area contributed by atoms with E-state index in [0.29, 0.717) is 25.0 Å². The lowest BCUT2D eigenvalue weighted by atomic mass is 9.94. The van der Waals surface area contributed by atoms with Gasteiger partial charge in [-0.1, -0.05) is 0 Å². The van der Waals surface area contributed by atoms with Crippen molar-refractivity contribution in [1.29, 1.82) is 0 Å². The Morgan fingerprint density at radius 1 is 1.26 bits per heavy atom. The maximum atomic E-state index is 11.9. The first kappa shape index (κ1) is 11.5. The number of nitrogens with zero attached hydrogens (tertiary/aromatic N) is 4. The van der Waals surface area contributed by atoms with Crippen molar-refractivity contribution in [2.45, 2.75) is 19.3 Å². The minimum atomic E-state index is -1.21. The quantitative estimate of drug-likeness (QED) is 0.858. The van der Waals surface area contributed by atoms with Gasteiger partial charge in [-0.15, -0.1) is 0 Å². The number of carbonyl (C=O) groups is 2. The fourth-order valence-electron chi connectivity index (χ4n) is 2.23. The van der Waals surface area contributed by atoms with E-state index in [1.165, 1.54) is 4.68 Å². The zero-order chi connectivity index (χ0) is 13.4. The standard InChI is InChI=1S/C12H10N4O3/c17-8-4-1-3-7-9(8)10(11(18)19)15-16(7)12-13-5-2-6-14-12/h2,5-6H,1,3-4H2,(H,18,19). The number of carbonyl (C=O) groups excluding carboxylic acids is 1. The smallest absolute Gasteiger partial charge is 0.357 e. The first-order valence-electron chi connectivity index (χ1n) is 5.84. The number of aromatic carboxylic acids is 1. The second-order valence-electron chi connectivity index (χ2n) is 4.21. The molecule has 0 fully saturated rings. The summed E-state index contributed by atoms with van der Waals surface area (Å²) in [5.41, 5.74) is 0.568.